The van der Waals surface area contributed by atoms with E-state index in [4.69, 9.17) is 9.97 Å². The fourth-order valence-corrected chi connectivity index (χ4v) is 9.59. The van der Waals surface area contributed by atoms with Crippen LogP contribution in [-0.4, -0.2) is 34.9 Å². The molecule has 2 aliphatic rings. The summed E-state index contributed by atoms with van der Waals surface area (Å²) in [5.74, 6) is 0. The first-order chi connectivity index (χ1) is 25.3. The molecular formula is C44H25BN6. The van der Waals surface area contributed by atoms with Gasteiger partial charge in [0.2, 0.25) is 0 Å². The van der Waals surface area contributed by atoms with E-state index in [1.165, 1.54) is 82.4 Å². The minimum Gasteiger partial charge on any atom is -0.309 e. The molecule has 6 nitrogen and oxygen atoms in total. The highest BCUT2D eigenvalue weighted by Crippen LogP contribution is 2.41. The third-order valence-corrected chi connectivity index (χ3v) is 11.5. The summed E-state index contributed by atoms with van der Waals surface area (Å²) in [7, 11) is 0. The Labute approximate surface area is 291 Å². The molecule has 234 valence electrons. The van der Waals surface area contributed by atoms with Gasteiger partial charge in [-0.05, 0) is 77.1 Å². The van der Waals surface area contributed by atoms with Gasteiger partial charge in [0, 0.05) is 44.3 Å². The van der Waals surface area contributed by atoms with Crippen LogP contribution < -0.4 is 16.4 Å². The average Bonchev–Trinajstić information content (AvgIpc) is 3.97. The molecule has 2 aliphatic heterocycles. The van der Waals surface area contributed by atoms with Crippen molar-refractivity contribution >= 4 is 88.8 Å². The molecule has 0 atom stereocenters. The van der Waals surface area contributed by atoms with E-state index < -0.39 is 0 Å². The molecule has 0 spiro atoms. The lowest BCUT2D eigenvalue weighted by molar-refractivity contribution is 1.06. The van der Waals surface area contributed by atoms with Crippen molar-refractivity contribution in [2.75, 3.05) is 0 Å². The van der Waals surface area contributed by atoms with Crippen molar-refractivity contribution in [2.24, 2.45) is 0 Å². The van der Waals surface area contributed by atoms with E-state index >= 15 is 0 Å². The van der Waals surface area contributed by atoms with Gasteiger partial charge in [0.1, 0.15) is 12.7 Å². The first kappa shape index (κ1) is 26.1. The van der Waals surface area contributed by atoms with Gasteiger partial charge in [0.05, 0.1) is 44.1 Å². The van der Waals surface area contributed by atoms with Gasteiger partial charge in [-0.15, -0.1) is 0 Å². The zero-order valence-corrected chi connectivity index (χ0v) is 27.2. The molecule has 6 heterocycles. The molecule has 51 heavy (non-hydrogen) atoms. The quantitative estimate of drug-likeness (QED) is 0.181. The molecule has 0 N–H and O–H groups in total. The SMILES string of the molecule is c1ccc(-n2c3ccccc3c3c4ncn5c4c(cc32)B2c3c-5cccc3-n3cnc4c5c6ccccc6n(-c6ccccc6)c5cc2c43)cc1. The molecule has 0 saturated carbocycles. The van der Waals surface area contributed by atoms with Gasteiger partial charge in [0.15, 0.2) is 0 Å². The van der Waals surface area contributed by atoms with Crippen molar-refractivity contribution in [3.8, 4) is 22.7 Å². The first-order valence-electron chi connectivity index (χ1n) is 17.5. The molecular weight excluding hydrogens is 623 g/mol. The van der Waals surface area contributed by atoms with E-state index in [1.807, 2.05) is 12.7 Å². The summed E-state index contributed by atoms with van der Waals surface area (Å²) in [4.78, 5) is 10.5. The summed E-state index contributed by atoms with van der Waals surface area (Å²) in [6.07, 6.45) is 4.06. The zero-order chi connectivity index (χ0) is 32.9. The third-order valence-electron chi connectivity index (χ3n) is 11.5. The van der Waals surface area contributed by atoms with Crippen molar-refractivity contribution in [3.05, 3.63) is 152 Å². The fraction of sp³-hybridized carbons (Fsp3) is 0. The number of aromatic nitrogens is 6. The molecule has 11 aromatic rings. The van der Waals surface area contributed by atoms with Gasteiger partial charge in [-0.1, -0.05) is 78.9 Å². The topological polar surface area (TPSA) is 45.5 Å². The van der Waals surface area contributed by atoms with Crippen molar-refractivity contribution in [1.82, 2.24) is 28.2 Å². The second kappa shape index (κ2) is 9.03. The summed E-state index contributed by atoms with van der Waals surface area (Å²) in [6, 6.07) is 50.6. The Hall–Kier alpha value is -6.86. The molecule has 0 unspecified atom stereocenters. The summed E-state index contributed by atoms with van der Waals surface area (Å²) < 4.78 is 9.49. The van der Waals surface area contributed by atoms with Crippen molar-refractivity contribution < 1.29 is 0 Å². The lowest BCUT2D eigenvalue weighted by atomic mass is 9.34. The van der Waals surface area contributed by atoms with Crippen LogP contribution >= 0.6 is 0 Å². The Kier molecular flexibility index (Phi) is 4.61. The smallest absolute Gasteiger partial charge is 0.252 e. The monoisotopic (exact) mass is 648 g/mol. The molecule has 0 saturated heterocycles. The lowest BCUT2D eigenvalue weighted by Crippen LogP contribution is -2.59. The average molecular weight is 649 g/mol. The molecule has 0 amide bonds. The van der Waals surface area contributed by atoms with E-state index in [-0.39, 0.29) is 6.71 Å². The van der Waals surface area contributed by atoms with Crippen LogP contribution in [0.15, 0.2) is 152 Å². The zero-order valence-electron chi connectivity index (χ0n) is 27.2. The second-order valence-electron chi connectivity index (χ2n) is 13.9. The summed E-state index contributed by atoms with van der Waals surface area (Å²) in [5, 5.41) is 4.81. The minimum atomic E-state index is -0.0205. The molecule has 0 radical (unpaired) electrons. The maximum absolute atomic E-state index is 5.24. The van der Waals surface area contributed by atoms with E-state index in [0.29, 0.717) is 0 Å². The van der Waals surface area contributed by atoms with E-state index in [0.717, 1.165) is 22.4 Å². The Balaban J connectivity index is 1.23. The van der Waals surface area contributed by atoms with Gasteiger partial charge >= 0.3 is 0 Å². The Bertz CT molecular complexity index is 3090. The first-order valence-corrected chi connectivity index (χ1v) is 17.5. The highest BCUT2D eigenvalue weighted by atomic mass is 15.1. The molecule has 4 aromatic heterocycles. The standard InChI is InChI=1S/C44H25BN6/c1-3-12-26(13-4-1)50-32-18-9-7-16-28(32)38-36(50)22-30-43-41(38)46-24-48(43)34-20-11-21-35-40(34)45(30)31-23-37-39(42-44(31)49(35)25-47-42)29-17-8-10-19-33(29)51(37)27-14-5-2-6-15-27/h1-25H. The van der Waals surface area contributed by atoms with Crippen LogP contribution in [0.1, 0.15) is 0 Å². The van der Waals surface area contributed by atoms with Gasteiger partial charge in [0.25, 0.3) is 6.71 Å². The maximum Gasteiger partial charge on any atom is 0.252 e. The largest absolute Gasteiger partial charge is 0.309 e. The number of hydrogen-bond donors (Lipinski definition) is 0. The fourth-order valence-electron chi connectivity index (χ4n) is 9.59. The normalized spacial score (nSPS) is 13.1. The van der Waals surface area contributed by atoms with Crippen molar-refractivity contribution in [1.29, 1.82) is 0 Å². The minimum absolute atomic E-state index is 0.0205. The van der Waals surface area contributed by atoms with Crippen LogP contribution in [0.25, 0.3) is 88.4 Å². The number of imidazole rings is 2. The molecule has 0 bridgehead atoms. The second-order valence-corrected chi connectivity index (χ2v) is 13.9. The van der Waals surface area contributed by atoms with Crippen LogP contribution in [0.5, 0.6) is 0 Å². The number of para-hydroxylation sites is 4. The molecule has 7 heteroatoms. The molecule has 0 aliphatic carbocycles. The number of nitrogens with zero attached hydrogens (tertiary/aromatic N) is 6. The Morgan fingerprint density at radius 3 is 1.37 bits per heavy atom. The maximum atomic E-state index is 5.24. The van der Waals surface area contributed by atoms with Crippen LogP contribution in [0, 0.1) is 0 Å². The van der Waals surface area contributed by atoms with E-state index in [1.54, 1.807) is 0 Å². The number of rotatable bonds is 2. The van der Waals surface area contributed by atoms with Crippen molar-refractivity contribution in [3.63, 3.8) is 0 Å². The van der Waals surface area contributed by atoms with Crippen LogP contribution in [-0.2, 0) is 0 Å². The van der Waals surface area contributed by atoms with Gasteiger partial charge < -0.3 is 9.13 Å². The summed E-state index contributed by atoms with van der Waals surface area (Å²) in [6.45, 7) is -0.0205. The number of benzene rings is 7. The number of fused-ring (bicyclic) bond motifs is 12. The summed E-state index contributed by atoms with van der Waals surface area (Å²) >= 11 is 0. The van der Waals surface area contributed by atoms with Gasteiger partial charge in [-0.3, -0.25) is 9.13 Å². The van der Waals surface area contributed by atoms with Crippen LogP contribution in [0.3, 0.4) is 0 Å². The van der Waals surface area contributed by atoms with E-state index in [2.05, 4.69) is 158 Å². The van der Waals surface area contributed by atoms with Crippen LogP contribution in [0.2, 0.25) is 0 Å². The molecule has 0 fully saturated rings. The van der Waals surface area contributed by atoms with Gasteiger partial charge in [-0.25, -0.2) is 9.97 Å². The lowest BCUT2D eigenvalue weighted by Gasteiger charge is -2.32. The highest BCUT2D eigenvalue weighted by Gasteiger charge is 2.41. The predicted octanol–water partition coefficient (Wildman–Crippen LogP) is 7.70. The highest BCUT2D eigenvalue weighted by molar-refractivity contribution is 7.00. The molecule has 7 aromatic carbocycles. The van der Waals surface area contributed by atoms with Crippen molar-refractivity contribution in [2.45, 2.75) is 0 Å². The summed E-state index contributed by atoms with van der Waals surface area (Å²) in [5.41, 5.74) is 17.6. The predicted molar refractivity (Wildman–Crippen MR) is 209 cm³/mol. The van der Waals surface area contributed by atoms with E-state index in [9.17, 15) is 0 Å². The van der Waals surface area contributed by atoms with Gasteiger partial charge in [-0.2, -0.15) is 0 Å². The number of hydrogen-bond acceptors (Lipinski definition) is 2. The molecule has 13 rings (SSSR count). The Morgan fingerprint density at radius 1 is 0.431 bits per heavy atom. The third kappa shape index (κ3) is 3.03. The van der Waals surface area contributed by atoms with Crippen LogP contribution in [0.4, 0.5) is 0 Å². The Morgan fingerprint density at radius 2 is 0.882 bits per heavy atom.